The van der Waals surface area contributed by atoms with Gasteiger partial charge in [-0.25, -0.2) is 0 Å². The number of rotatable bonds is 6. The Kier molecular flexibility index (Phi) is 5.52. The normalized spacial score (nSPS) is 28.9. The summed E-state index contributed by atoms with van der Waals surface area (Å²) < 4.78 is 11.5. The van der Waals surface area contributed by atoms with E-state index in [4.69, 9.17) is 9.47 Å². The van der Waals surface area contributed by atoms with Crippen LogP contribution in [0.15, 0.2) is 48.5 Å². The van der Waals surface area contributed by atoms with E-state index < -0.39 is 33.3 Å². The van der Waals surface area contributed by atoms with Crippen LogP contribution >= 0.6 is 0 Å². The summed E-state index contributed by atoms with van der Waals surface area (Å²) in [4.78, 5) is 50.4. The summed E-state index contributed by atoms with van der Waals surface area (Å²) in [5, 5.41) is 21.7. The Labute approximate surface area is 205 Å². The van der Waals surface area contributed by atoms with Gasteiger partial charge in [0.2, 0.25) is 0 Å². The number of carbonyl (C=O) groups excluding carboxylic acids is 2. The fourth-order valence-corrected chi connectivity index (χ4v) is 4.80. The van der Waals surface area contributed by atoms with E-state index in [0.717, 1.165) is 0 Å². The second kappa shape index (κ2) is 8.35. The topological polar surface area (TPSA) is 152 Å². The molecule has 4 atom stereocenters. The van der Waals surface area contributed by atoms with Crippen LogP contribution in [0.1, 0.15) is 37.2 Å². The minimum Gasteiger partial charge on any atom is -0.351 e. The Morgan fingerprint density at radius 1 is 0.722 bits per heavy atom. The molecule has 2 aromatic rings. The van der Waals surface area contributed by atoms with Gasteiger partial charge in [-0.1, -0.05) is 0 Å². The smallest absolute Gasteiger partial charge is 0.269 e. The van der Waals surface area contributed by atoms with Crippen molar-refractivity contribution in [3.63, 3.8) is 0 Å². The fourth-order valence-electron chi connectivity index (χ4n) is 4.80. The molecular weight excluding hydrogens is 472 g/mol. The van der Waals surface area contributed by atoms with Crippen LogP contribution in [0.5, 0.6) is 0 Å². The predicted octanol–water partition coefficient (Wildman–Crippen LogP) is 2.53. The van der Waals surface area contributed by atoms with Crippen molar-refractivity contribution in [2.24, 2.45) is 0 Å². The molecule has 3 heterocycles. The molecule has 0 aromatic heterocycles. The predicted molar refractivity (Wildman–Crippen MR) is 124 cm³/mol. The van der Waals surface area contributed by atoms with Gasteiger partial charge in [0, 0.05) is 50.4 Å². The largest absolute Gasteiger partial charge is 0.351 e. The SMILES string of the molecule is C[C@]1(C(=O)N2CCN(C(=O)[C@@]3(C)O[C@@H]3c3ccc([N+](=O)[O-])cc3)CC2)O[C@@H]1c1ccc([N+](=O)[O-])cc1. The summed E-state index contributed by atoms with van der Waals surface area (Å²) in [6.45, 7) is 4.77. The molecule has 0 spiro atoms. The number of hydrogen-bond donors (Lipinski definition) is 0. The number of epoxide rings is 2. The van der Waals surface area contributed by atoms with Gasteiger partial charge in [-0.15, -0.1) is 0 Å². The number of nitrogens with zero attached hydrogens (tertiary/aromatic N) is 4. The average molecular weight is 496 g/mol. The highest BCUT2D eigenvalue weighted by Crippen LogP contribution is 2.52. The molecule has 0 bridgehead atoms. The lowest BCUT2D eigenvalue weighted by atomic mass is 9.98. The molecule has 188 valence electrons. The van der Waals surface area contributed by atoms with Crippen LogP contribution in [0.25, 0.3) is 0 Å². The average Bonchev–Trinajstić information content (AvgIpc) is 3.78. The van der Waals surface area contributed by atoms with Gasteiger partial charge in [-0.3, -0.25) is 29.8 Å². The van der Waals surface area contributed by atoms with Gasteiger partial charge in [-0.2, -0.15) is 0 Å². The number of nitro benzene ring substituents is 2. The Morgan fingerprint density at radius 3 is 1.31 bits per heavy atom. The summed E-state index contributed by atoms with van der Waals surface area (Å²) in [6, 6.07) is 11.9. The van der Waals surface area contributed by atoms with Crippen molar-refractivity contribution in [3.05, 3.63) is 79.9 Å². The zero-order valence-electron chi connectivity index (χ0n) is 19.7. The molecule has 0 saturated carbocycles. The van der Waals surface area contributed by atoms with Crippen LogP contribution in [0.2, 0.25) is 0 Å². The molecule has 3 saturated heterocycles. The van der Waals surface area contributed by atoms with Crippen molar-refractivity contribution < 1.29 is 28.9 Å². The molecule has 2 aromatic carbocycles. The van der Waals surface area contributed by atoms with Crippen LogP contribution < -0.4 is 0 Å². The summed E-state index contributed by atoms with van der Waals surface area (Å²) in [5.41, 5.74) is -0.762. The van der Waals surface area contributed by atoms with E-state index in [2.05, 4.69) is 0 Å². The first-order valence-corrected chi connectivity index (χ1v) is 11.5. The number of amides is 2. The summed E-state index contributed by atoms with van der Waals surface area (Å²) in [7, 11) is 0. The van der Waals surface area contributed by atoms with Crippen molar-refractivity contribution in [2.45, 2.75) is 37.3 Å². The lowest BCUT2D eigenvalue weighted by Crippen LogP contribution is -2.55. The monoisotopic (exact) mass is 496 g/mol. The van der Waals surface area contributed by atoms with Gasteiger partial charge < -0.3 is 19.3 Å². The molecule has 0 N–H and O–H groups in total. The molecule has 2 amide bonds. The number of non-ortho nitro benzene ring substituents is 2. The molecule has 0 radical (unpaired) electrons. The Hall–Kier alpha value is -3.90. The maximum Gasteiger partial charge on any atom is 0.269 e. The number of hydrogen-bond acceptors (Lipinski definition) is 8. The summed E-state index contributed by atoms with van der Waals surface area (Å²) >= 11 is 0. The minimum absolute atomic E-state index is 0.0302. The summed E-state index contributed by atoms with van der Waals surface area (Å²) in [5.74, 6) is -0.369. The zero-order chi connectivity index (χ0) is 25.8. The fraction of sp³-hybridized carbons (Fsp3) is 0.417. The summed E-state index contributed by atoms with van der Waals surface area (Å²) in [6.07, 6.45) is -0.960. The molecule has 0 aliphatic carbocycles. The number of carbonyl (C=O) groups is 2. The van der Waals surface area contributed by atoms with Crippen molar-refractivity contribution in [1.82, 2.24) is 9.80 Å². The van der Waals surface area contributed by atoms with Gasteiger partial charge >= 0.3 is 0 Å². The number of ether oxygens (including phenoxy) is 2. The van der Waals surface area contributed by atoms with Crippen LogP contribution in [0.4, 0.5) is 11.4 Å². The van der Waals surface area contributed by atoms with Crippen molar-refractivity contribution in [3.8, 4) is 0 Å². The number of nitro groups is 2. The first kappa shape index (κ1) is 23.8. The quantitative estimate of drug-likeness (QED) is 0.336. The first-order chi connectivity index (χ1) is 17.0. The van der Waals surface area contributed by atoms with E-state index in [9.17, 15) is 29.8 Å². The van der Waals surface area contributed by atoms with Crippen LogP contribution in [-0.2, 0) is 19.1 Å². The van der Waals surface area contributed by atoms with E-state index in [-0.39, 0.29) is 23.2 Å². The molecule has 36 heavy (non-hydrogen) atoms. The maximum absolute atomic E-state index is 13.2. The van der Waals surface area contributed by atoms with Gasteiger partial charge in [0.1, 0.15) is 12.2 Å². The van der Waals surface area contributed by atoms with Crippen molar-refractivity contribution in [1.29, 1.82) is 0 Å². The molecule has 3 fully saturated rings. The molecule has 12 heteroatoms. The highest BCUT2D eigenvalue weighted by Gasteiger charge is 2.62. The highest BCUT2D eigenvalue weighted by atomic mass is 16.6. The third kappa shape index (κ3) is 3.97. The third-order valence-corrected chi connectivity index (χ3v) is 7.13. The molecule has 3 aliphatic heterocycles. The van der Waals surface area contributed by atoms with E-state index in [1.165, 1.54) is 24.3 Å². The number of benzene rings is 2. The molecule has 3 aliphatic rings. The Bertz CT molecular complexity index is 1140. The van der Waals surface area contributed by atoms with Gasteiger partial charge in [0.15, 0.2) is 11.2 Å². The lowest BCUT2D eigenvalue weighted by Gasteiger charge is -2.36. The van der Waals surface area contributed by atoms with Crippen molar-refractivity contribution >= 4 is 23.2 Å². The van der Waals surface area contributed by atoms with E-state index >= 15 is 0 Å². The number of piperazine rings is 1. The zero-order valence-corrected chi connectivity index (χ0v) is 19.7. The van der Waals surface area contributed by atoms with Crippen molar-refractivity contribution in [2.75, 3.05) is 26.2 Å². The molecule has 12 nitrogen and oxygen atoms in total. The minimum atomic E-state index is -1.05. The Balaban J connectivity index is 1.16. The van der Waals surface area contributed by atoms with E-state index in [1.807, 2.05) is 0 Å². The second-order valence-electron chi connectivity index (χ2n) is 9.49. The standard InChI is InChI=1S/C24H24N4O8/c1-23(19(35-23)15-3-7-17(8-4-15)27(31)32)21(29)25-11-13-26(14-12-25)22(30)24(2)20(36-24)16-5-9-18(10-6-16)28(33)34/h3-10,19-20H,11-14H2,1-2H3/t19-,20-,23+,24+/m1/s1. The maximum atomic E-state index is 13.2. The van der Waals surface area contributed by atoms with Crippen LogP contribution in [0.3, 0.4) is 0 Å². The third-order valence-electron chi connectivity index (χ3n) is 7.13. The molecular formula is C24H24N4O8. The van der Waals surface area contributed by atoms with Crippen LogP contribution in [-0.4, -0.2) is 68.8 Å². The Morgan fingerprint density at radius 2 is 1.03 bits per heavy atom. The second-order valence-corrected chi connectivity index (χ2v) is 9.49. The van der Waals surface area contributed by atoms with Gasteiger partial charge in [0.25, 0.3) is 23.2 Å². The highest BCUT2D eigenvalue weighted by molar-refractivity contribution is 5.90. The molecule has 5 rings (SSSR count). The van der Waals surface area contributed by atoms with E-state index in [1.54, 1.807) is 47.9 Å². The van der Waals surface area contributed by atoms with E-state index in [0.29, 0.717) is 37.3 Å². The first-order valence-electron chi connectivity index (χ1n) is 11.5. The lowest BCUT2D eigenvalue weighted by molar-refractivity contribution is -0.385. The van der Waals surface area contributed by atoms with Crippen LogP contribution in [0, 0.1) is 20.2 Å². The van der Waals surface area contributed by atoms with Gasteiger partial charge in [-0.05, 0) is 49.2 Å². The van der Waals surface area contributed by atoms with Gasteiger partial charge in [0.05, 0.1) is 9.85 Å². The molecule has 0 unspecified atom stereocenters.